The minimum atomic E-state index is -0.739. The first-order valence-corrected chi connectivity index (χ1v) is 6.96. The molecule has 0 radical (unpaired) electrons. The van der Waals surface area contributed by atoms with Gasteiger partial charge in [0.2, 0.25) is 5.89 Å². The molecule has 0 atom stereocenters. The molecule has 0 amide bonds. The van der Waals surface area contributed by atoms with E-state index >= 15 is 0 Å². The van der Waals surface area contributed by atoms with Crippen molar-refractivity contribution >= 4 is 34.4 Å². The van der Waals surface area contributed by atoms with E-state index in [1.54, 1.807) is 6.08 Å². The summed E-state index contributed by atoms with van der Waals surface area (Å²) < 4.78 is 5.02. The van der Waals surface area contributed by atoms with Crippen molar-refractivity contribution in [2.75, 3.05) is 0 Å². The van der Waals surface area contributed by atoms with Gasteiger partial charge in [0.05, 0.1) is 20.7 Å². The Balaban J connectivity index is 1.93. The van der Waals surface area contributed by atoms with Crippen LogP contribution in [-0.4, -0.2) is 14.8 Å². The Morgan fingerprint density at radius 3 is 2.20 bits per heavy atom. The monoisotopic (exact) mass is 339 g/mol. The number of nitro groups is 2. The van der Waals surface area contributed by atoms with Crippen molar-refractivity contribution in [3.63, 3.8) is 0 Å². The SMILES string of the molecule is O=c1oc(C=Cc2ccc([N+](=O)[O-])cc2)nc2ccc([N+](=O)[O-])cc12. The maximum absolute atomic E-state index is 12.0. The number of nitro benzene ring substituents is 2. The quantitative estimate of drug-likeness (QED) is 0.527. The number of hydrogen-bond donors (Lipinski definition) is 0. The second-order valence-electron chi connectivity index (χ2n) is 4.98. The fraction of sp³-hybridized carbons (Fsp3) is 0. The zero-order valence-corrected chi connectivity index (χ0v) is 12.5. The molecule has 0 bridgehead atoms. The van der Waals surface area contributed by atoms with Crippen LogP contribution >= 0.6 is 0 Å². The summed E-state index contributed by atoms with van der Waals surface area (Å²) >= 11 is 0. The summed E-state index contributed by atoms with van der Waals surface area (Å²) in [6.07, 6.45) is 3.01. The number of hydrogen-bond acceptors (Lipinski definition) is 7. The predicted octanol–water partition coefficient (Wildman–Crippen LogP) is 3.17. The van der Waals surface area contributed by atoms with E-state index in [1.165, 1.54) is 42.5 Å². The fourth-order valence-electron chi connectivity index (χ4n) is 2.14. The molecule has 3 rings (SSSR count). The maximum atomic E-state index is 12.0. The van der Waals surface area contributed by atoms with Crippen LogP contribution in [0.5, 0.6) is 0 Å². The molecule has 0 saturated heterocycles. The number of rotatable bonds is 4. The minimum Gasteiger partial charge on any atom is -0.404 e. The molecule has 25 heavy (non-hydrogen) atoms. The van der Waals surface area contributed by atoms with E-state index in [0.717, 1.165) is 6.07 Å². The molecule has 0 aliphatic heterocycles. The van der Waals surface area contributed by atoms with Gasteiger partial charge in [0.15, 0.2) is 0 Å². The molecule has 2 aromatic carbocycles. The first kappa shape index (κ1) is 16.0. The third-order valence-corrected chi connectivity index (χ3v) is 3.36. The van der Waals surface area contributed by atoms with E-state index in [2.05, 4.69) is 4.98 Å². The van der Waals surface area contributed by atoms with Gasteiger partial charge in [-0.3, -0.25) is 20.2 Å². The van der Waals surface area contributed by atoms with Crippen molar-refractivity contribution in [2.24, 2.45) is 0 Å². The van der Waals surface area contributed by atoms with Crippen LogP contribution in [0.3, 0.4) is 0 Å². The van der Waals surface area contributed by atoms with Crippen LogP contribution in [-0.2, 0) is 0 Å². The Morgan fingerprint density at radius 1 is 0.920 bits per heavy atom. The second-order valence-corrected chi connectivity index (χ2v) is 4.98. The van der Waals surface area contributed by atoms with Crippen molar-refractivity contribution in [3.8, 4) is 0 Å². The zero-order chi connectivity index (χ0) is 18.0. The summed E-state index contributed by atoms with van der Waals surface area (Å²) in [6.45, 7) is 0. The summed E-state index contributed by atoms with van der Waals surface area (Å²) in [4.78, 5) is 36.3. The molecule has 1 heterocycles. The first-order chi connectivity index (χ1) is 11.9. The van der Waals surface area contributed by atoms with Gasteiger partial charge in [-0.1, -0.05) is 0 Å². The van der Waals surface area contributed by atoms with Crippen molar-refractivity contribution < 1.29 is 14.3 Å². The van der Waals surface area contributed by atoms with Gasteiger partial charge in [0, 0.05) is 30.3 Å². The van der Waals surface area contributed by atoms with E-state index in [0.29, 0.717) is 5.56 Å². The smallest absolute Gasteiger partial charge is 0.347 e. The lowest BCUT2D eigenvalue weighted by atomic mass is 10.2. The van der Waals surface area contributed by atoms with Gasteiger partial charge >= 0.3 is 5.63 Å². The van der Waals surface area contributed by atoms with Gasteiger partial charge in [-0.15, -0.1) is 0 Å². The fourth-order valence-corrected chi connectivity index (χ4v) is 2.14. The molecular weight excluding hydrogens is 330 g/mol. The van der Waals surface area contributed by atoms with Crippen molar-refractivity contribution in [1.29, 1.82) is 0 Å². The summed E-state index contributed by atoms with van der Waals surface area (Å²) in [5, 5.41) is 21.4. The lowest BCUT2D eigenvalue weighted by Crippen LogP contribution is -2.03. The molecule has 0 aliphatic rings. The molecule has 0 unspecified atom stereocenters. The molecule has 1 aromatic heterocycles. The standard InChI is InChI=1S/C16H9N3O6/c20-16-13-9-12(19(23)24)6-7-14(13)17-15(25-16)8-3-10-1-4-11(5-2-10)18(21)22/h1-9H. The van der Waals surface area contributed by atoms with Crippen LogP contribution in [0.25, 0.3) is 23.1 Å². The molecule has 0 spiro atoms. The van der Waals surface area contributed by atoms with E-state index in [4.69, 9.17) is 4.42 Å². The first-order valence-electron chi connectivity index (χ1n) is 6.96. The third kappa shape index (κ3) is 3.39. The van der Waals surface area contributed by atoms with Crippen molar-refractivity contribution in [2.45, 2.75) is 0 Å². The lowest BCUT2D eigenvalue weighted by molar-refractivity contribution is -0.385. The van der Waals surface area contributed by atoms with Crippen molar-refractivity contribution in [3.05, 3.63) is 84.6 Å². The Kier molecular flexibility index (Phi) is 4.04. The summed E-state index contributed by atoms with van der Waals surface area (Å²) in [5.74, 6) is 0.0182. The minimum absolute atomic E-state index is 0.0154. The van der Waals surface area contributed by atoms with Gasteiger partial charge in [0.25, 0.3) is 11.4 Å². The molecule has 3 aromatic rings. The van der Waals surface area contributed by atoms with Crippen LogP contribution in [0.1, 0.15) is 11.5 Å². The van der Waals surface area contributed by atoms with Gasteiger partial charge in [0.1, 0.15) is 0 Å². The highest BCUT2D eigenvalue weighted by atomic mass is 16.6. The largest absolute Gasteiger partial charge is 0.404 e. The van der Waals surface area contributed by atoms with Gasteiger partial charge < -0.3 is 4.42 Å². The number of fused-ring (bicyclic) bond motifs is 1. The van der Waals surface area contributed by atoms with Crippen LogP contribution in [0.2, 0.25) is 0 Å². The molecule has 9 heteroatoms. The summed E-state index contributed by atoms with van der Waals surface area (Å²) in [5.41, 5.74) is -0.0778. The topological polar surface area (TPSA) is 129 Å². The molecular formula is C16H9N3O6. The summed E-state index contributed by atoms with van der Waals surface area (Å²) in [6, 6.07) is 9.50. The normalized spacial score (nSPS) is 11.0. The molecule has 0 saturated carbocycles. The third-order valence-electron chi connectivity index (χ3n) is 3.36. The summed E-state index contributed by atoms with van der Waals surface area (Å²) in [7, 11) is 0. The van der Waals surface area contributed by atoms with Gasteiger partial charge in [-0.2, -0.15) is 0 Å². The van der Waals surface area contributed by atoms with Crippen molar-refractivity contribution in [1.82, 2.24) is 4.98 Å². The molecule has 0 aliphatic carbocycles. The maximum Gasteiger partial charge on any atom is 0.347 e. The Labute approximate surface area is 139 Å². The van der Waals surface area contributed by atoms with Gasteiger partial charge in [-0.25, -0.2) is 9.78 Å². The number of non-ortho nitro benzene ring substituents is 2. The molecule has 9 nitrogen and oxygen atoms in total. The molecule has 124 valence electrons. The van der Waals surface area contributed by atoms with Crippen LogP contribution in [0, 0.1) is 20.2 Å². The number of aromatic nitrogens is 1. The average molecular weight is 339 g/mol. The lowest BCUT2D eigenvalue weighted by Gasteiger charge is -1.98. The van der Waals surface area contributed by atoms with Gasteiger partial charge in [-0.05, 0) is 29.8 Å². The number of nitrogens with zero attached hydrogens (tertiary/aromatic N) is 3. The zero-order valence-electron chi connectivity index (χ0n) is 12.5. The highest BCUT2D eigenvalue weighted by Crippen LogP contribution is 2.18. The van der Waals surface area contributed by atoms with E-state index in [9.17, 15) is 25.0 Å². The molecule has 0 fully saturated rings. The van der Waals surface area contributed by atoms with Crippen LogP contribution in [0.4, 0.5) is 11.4 Å². The van der Waals surface area contributed by atoms with E-state index in [1.807, 2.05) is 0 Å². The van der Waals surface area contributed by atoms with Crippen LogP contribution < -0.4 is 5.63 Å². The Hall–Kier alpha value is -3.88. The highest BCUT2D eigenvalue weighted by Gasteiger charge is 2.11. The van der Waals surface area contributed by atoms with E-state index in [-0.39, 0.29) is 28.2 Å². The Bertz CT molecular complexity index is 1070. The highest BCUT2D eigenvalue weighted by molar-refractivity contribution is 5.80. The number of benzene rings is 2. The predicted molar refractivity (Wildman–Crippen MR) is 89.0 cm³/mol. The molecule has 0 N–H and O–H groups in total. The average Bonchev–Trinajstić information content (AvgIpc) is 2.60. The van der Waals surface area contributed by atoms with E-state index < -0.39 is 15.5 Å². The Morgan fingerprint density at radius 2 is 1.56 bits per heavy atom. The van der Waals surface area contributed by atoms with Crippen LogP contribution in [0.15, 0.2) is 51.7 Å². The second kappa shape index (κ2) is 6.32.